The highest BCUT2D eigenvalue weighted by Crippen LogP contribution is 2.38. The summed E-state index contributed by atoms with van der Waals surface area (Å²) in [6.45, 7) is 6.78. The van der Waals surface area contributed by atoms with Crippen molar-refractivity contribution in [1.29, 1.82) is 0 Å². The molecular weight excluding hydrogens is 565 g/mol. The number of nitrogens with zero attached hydrogens (tertiary/aromatic N) is 2. The summed E-state index contributed by atoms with van der Waals surface area (Å²) in [5, 5.41) is 0. The van der Waals surface area contributed by atoms with Gasteiger partial charge in [0.2, 0.25) is 20.0 Å². The second-order valence-corrected chi connectivity index (χ2v) is 17.1. The summed E-state index contributed by atoms with van der Waals surface area (Å²) in [4.78, 5) is 0.884. The Kier molecular flexibility index (Phi) is 10.5. The van der Waals surface area contributed by atoms with E-state index >= 15 is 0 Å². The van der Waals surface area contributed by atoms with Gasteiger partial charge in [0.15, 0.2) is 0 Å². The SMILES string of the molecule is Cc1ccc(S(=O)(=O)N2CC[C@H](C3CCCCC3)C2)cc1.Cc1ccc(S(=O)(=O)N2CC[C@H](C3CCCCC3)C2)cc1. The van der Waals surface area contributed by atoms with Crippen LogP contribution in [0.4, 0.5) is 0 Å². The Bertz CT molecular complexity index is 1250. The van der Waals surface area contributed by atoms with Crippen molar-refractivity contribution in [3.63, 3.8) is 0 Å². The van der Waals surface area contributed by atoms with E-state index in [-0.39, 0.29) is 0 Å². The lowest BCUT2D eigenvalue weighted by Gasteiger charge is -2.27. The topological polar surface area (TPSA) is 74.8 Å². The molecule has 2 aromatic rings. The Morgan fingerprint density at radius 2 is 0.810 bits per heavy atom. The first kappa shape index (κ1) is 31.7. The van der Waals surface area contributed by atoms with Gasteiger partial charge < -0.3 is 0 Å². The fourth-order valence-corrected chi connectivity index (χ4v) is 10.7. The van der Waals surface area contributed by atoms with Crippen LogP contribution in [0, 0.1) is 37.5 Å². The highest BCUT2D eigenvalue weighted by molar-refractivity contribution is 7.89. The Balaban J connectivity index is 0.000000168. The van der Waals surface area contributed by atoms with Crippen molar-refractivity contribution >= 4 is 20.0 Å². The van der Waals surface area contributed by atoms with Crippen LogP contribution in [0.1, 0.15) is 88.2 Å². The average Bonchev–Trinajstić information content (AvgIpc) is 3.71. The van der Waals surface area contributed by atoms with Crippen molar-refractivity contribution < 1.29 is 16.8 Å². The van der Waals surface area contributed by atoms with E-state index in [1.807, 2.05) is 38.1 Å². The predicted octanol–water partition coefficient (Wildman–Crippen LogP) is 7.17. The molecule has 6 rings (SSSR count). The van der Waals surface area contributed by atoms with Gasteiger partial charge in [-0.05, 0) is 74.6 Å². The van der Waals surface area contributed by atoms with Crippen molar-refractivity contribution in [3.8, 4) is 0 Å². The first-order valence-corrected chi connectivity index (χ1v) is 19.2. The molecule has 4 aliphatic rings. The zero-order chi connectivity index (χ0) is 29.7. The van der Waals surface area contributed by atoms with Crippen LogP contribution in [0.2, 0.25) is 0 Å². The lowest BCUT2D eigenvalue weighted by molar-refractivity contribution is 0.256. The summed E-state index contributed by atoms with van der Waals surface area (Å²) in [7, 11) is -6.59. The van der Waals surface area contributed by atoms with E-state index in [1.54, 1.807) is 32.9 Å². The molecule has 2 atom stereocenters. The molecule has 0 spiro atoms. The molecule has 42 heavy (non-hydrogen) atoms. The molecule has 4 fully saturated rings. The standard InChI is InChI=1S/2C17H25NO2S/c2*1-14-7-9-17(10-8-14)21(19,20)18-12-11-16(13-18)15-5-3-2-4-6-15/h2*7-10,15-16H,2-6,11-13H2,1H3/t2*16-/m00/s1. The Morgan fingerprint density at radius 3 is 1.14 bits per heavy atom. The van der Waals surface area contributed by atoms with Crippen molar-refractivity contribution in [2.24, 2.45) is 23.7 Å². The van der Waals surface area contributed by atoms with Crippen LogP contribution in [0.3, 0.4) is 0 Å². The summed E-state index contributed by atoms with van der Waals surface area (Å²) in [5.74, 6) is 2.64. The minimum atomic E-state index is -3.29. The molecule has 2 saturated carbocycles. The molecule has 232 valence electrons. The third-order valence-electron chi connectivity index (χ3n) is 10.3. The van der Waals surface area contributed by atoms with Gasteiger partial charge in [0, 0.05) is 26.2 Å². The number of hydrogen-bond donors (Lipinski definition) is 0. The van der Waals surface area contributed by atoms with Crippen molar-refractivity contribution in [3.05, 3.63) is 59.7 Å². The molecule has 2 aliphatic carbocycles. The van der Waals surface area contributed by atoms with E-state index in [0.717, 1.165) is 48.9 Å². The maximum Gasteiger partial charge on any atom is 0.243 e. The van der Waals surface area contributed by atoms with Gasteiger partial charge >= 0.3 is 0 Å². The van der Waals surface area contributed by atoms with E-state index in [2.05, 4.69) is 0 Å². The van der Waals surface area contributed by atoms with Gasteiger partial charge in [-0.1, -0.05) is 99.6 Å². The summed E-state index contributed by atoms with van der Waals surface area (Å²) >= 11 is 0. The van der Waals surface area contributed by atoms with E-state index in [9.17, 15) is 16.8 Å². The van der Waals surface area contributed by atoms with Crippen LogP contribution in [0.15, 0.2) is 58.3 Å². The first-order chi connectivity index (χ1) is 20.1. The van der Waals surface area contributed by atoms with Crippen LogP contribution in [-0.2, 0) is 20.0 Å². The summed E-state index contributed by atoms with van der Waals surface area (Å²) in [6, 6.07) is 14.4. The number of rotatable bonds is 6. The second kappa shape index (κ2) is 13.9. The number of benzene rings is 2. The third kappa shape index (κ3) is 7.48. The summed E-state index contributed by atoms with van der Waals surface area (Å²) in [5.41, 5.74) is 2.19. The monoisotopic (exact) mass is 614 g/mol. The lowest BCUT2D eigenvalue weighted by atomic mass is 9.80. The van der Waals surface area contributed by atoms with E-state index < -0.39 is 20.0 Å². The molecule has 0 N–H and O–H groups in total. The highest BCUT2D eigenvalue weighted by atomic mass is 32.2. The zero-order valence-electron chi connectivity index (χ0n) is 25.6. The molecule has 2 aromatic carbocycles. The van der Waals surface area contributed by atoms with Crippen LogP contribution in [0.5, 0.6) is 0 Å². The molecule has 0 unspecified atom stereocenters. The van der Waals surface area contributed by atoms with Crippen molar-refractivity contribution in [2.45, 2.75) is 101 Å². The maximum absolute atomic E-state index is 12.7. The van der Waals surface area contributed by atoms with Gasteiger partial charge in [-0.2, -0.15) is 8.61 Å². The molecule has 0 radical (unpaired) electrons. The molecule has 2 heterocycles. The van der Waals surface area contributed by atoms with Crippen molar-refractivity contribution in [2.75, 3.05) is 26.2 Å². The second-order valence-electron chi connectivity index (χ2n) is 13.2. The van der Waals surface area contributed by atoms with Gasteiger partial charge in [0.25, 0.3) is 0 Å². The fourth-order valence-electron chi connectivity index (χ4n) is 7.64. The van der Waals surface area contributed by atoms with Crippen LogP contribution < -0.4 is 0 Å². The lowest BCUT2D eigenvalue weighted by Crippen LogP contribution is -2.30. The third-order valence-corrected chi connectivity index (χ3v) is 14.1. The first-order valence-electron chi connectivity index (χ1n) is 16.3. The molecule has 0 amide bonds. The quantitative estimate of drug-likeness (QED) is 0.346. The van der Waals surface area contributed by atoms with Crippen LogP contribution >= 0.6 is 0 Å². The minimum Gasteiger partial charge on any atom is -0.207 e. The van der Waals surface area contributed by atoms with E-state index in [0.29, 0.717) is 34.7 Å². The fraction of sp³-hybridized carbons (Fsp3) is 0.647. The maximum atomic E-state index is 12.7. The molecular formula is C34H50N2O4S2. The van der Waals surface area contributed by atoms with Gasteiger partial charge in [-0.3, -0.25) is 0 Å². The largest absolute Gasteiger partial charge is 0.243 e. The Labute approximate surface area is 255 Å². The van der Waals surface area contributed by atoms with Gasteiger partial charge in [-0.25, -0.2) is 16.8 Å². The summed E-state index contributed by atoms with van der Waals surface area (Å²) in [6.07, 6.45) is 15.3. The Morgan fingerprint density at radius 1 is 0.476 bits per heavy atom. The average molecular weight is 615 g/mol. The van der Waals surface area contributed by atoms with Gasteiger partial charge in [0.05, 0.1) is 9.79 Å². The van der Waals surface area contributed by atoms with Gasteiger partial charge in [-0.15, -0.1) is 0 Å². The molecule has 8 heteroatoms. The zero-order valence-corrected chi connectivity index (χ0v) is 27.2. The molecule has 0 aromatic heterocycles. The Hall–Kier alpha value is -1.74. The number of hydrogen-bond acceptors (Lipinski definition) is 4. The summed E-state index contributed by atoms with van der Waals surface area (Å²) < 4.78 is 54.2. The normalized spacial score (nSPS) is 25.3. The molecule has 2 aliphatic heterocycles. The number of aryl methyl sites for hydroxylation is 2. The van der Waals surface area contributed by atoms with Gasteiger partial charge in [0.1, 0.15) is 0 Å². The van der Waals surface area contributed by atoms with E-state index in [4.69, 9.17) is 0 Å². The van der Waals surface area contributed by atoms with E-state index in [1.165, 1.54) is 64.2 Å². The van der Waals surface area contributed by atoms with Crippen LogP contribution in [0.25, 0.3) is 0 Å². The van der Waals surface area contributed by atoms with Crippen LogP contribution in [-0.4, -0.2) is 51.6 Å². The highest BCUT2D eigenvalue weighted by Gasteiger charge is 2.37. The number of sulfonamides is 2. The molecule has 6 nitrogen and oxygen atoms in total. The smallest absolute Gasteiger partial charge is 0.207 e. The molecule has 2 saturated heterocycles. The minimum absolute atomic E-state index is 0.442. The molecule has 0 bridgehead atoms. The van der Waals surface area contributed by atoms with Crippen molar-refractivity contribution in [1.82, 2.24) is 8.61 Å². The predicted molar refractivity (Wildman–Crippen MR) is 169 cm³/mol.